The number of aromatic nitrogens is 2. The maximum Gasteiger partial charge on any atom is 0.257 e. The van der Waals surface area contributed by atoms with Crippen molar-refractivity contribution in [3.8, 4) is 16.5 Å². The standard InChI is InChI=1S/C21H23ClN4O3S/c1-28-17-14-15(22)6-7-16(17)21(27)26-11-9-25(10-12-26)8-2-5-19-23-20(24-29-19)18-4-3-13-30-18/h3-4,6-7,13-14H,2,5,8-12H2,1H3. The van der Waals surface area contributed by atoms with E-state index in [1.807, 2.05) is 22.4 Å². The van der Waals surface area contributed by atoms with Crippen molar-refractivity contribution in [2.45, 2.75) is 12.8 Å². The van der Waals surface area contributed by atoms with E-state index in [-0.39, 0.29) is 5.91 Å². The van der Waals surface area contributed by atoms with Crippen molar-refractivity contribution in [2.24, 2.45) is 0 Å². The molecule has 7 nitrogen and oxygen atoms in total. The molecule has 0 atom stereocenters. The third kappa shape index (κ3) is 4.83. The Balaban J connectivity index is 1.24. The highest BCUT2D eigenvalue weighted by atomic mass is 35.5. The summed E-state index contributed by atoms with van der Waals surface area (Å²) in [7, 11) is 1.55. The highest BCUT2D eigenvalue weighted by Crippen LogP contribution is 2.25. The topological polar surface area (TPSA) is 71.7 Å². The molecule has 1 fully saturated rings. The lowest BCUT2D eigenvalue weighted by Gasteiger charge is -2.34. The van der Waals surface area contributed by atoms with E-state index in [4.69, 9.17) is 20.9 Å². The van der Waals surface area contributed by atoms with E-state index >= 15 is 0 Å². The summed E-state index contributed by atoms with van der Waals surface area (Å²) in [5.41, 5.74) is 0.549. The van der Waals surface area contributed by atoms with E-state index in [1.54, 1.807) is 36.6 Å². The van der Waals surface area contributed by atoms with Crippen LogP contribution in [0.3, 0.4) is 0 Å². The number of thiophene rings is 1. The second-order valence-corrected chi connectivity index (χ2v) is 8.46. The maximum atomic E-state index is 12.9. The summed E-state index contributed by atoms with van der Waals surface area (Å²) in [5, 5.41) is 6.60. The molecular formula is C21H23ClN4O3S. The number of ether oxygens (including phenoxy) is 1. The van der Waals surface area contributed by atoms with Crippen LogP contribution in [0.15, 0.2) is 40.2 Å². The molecule has 2 aromatic heterocycles. The van der Waals surface area contributed by atoms with Gasteiger partial charge in [-0.25, -0.2) is 0 Å². The lowest BCUT2D eigenvalue weighted by molar-refractivity contribution is 0.0632. The Kier molecular flexibility index (Phi) is 6.66. The number of nitrogens with zero attached hydrogens (tertiary/aromatic N) is 4. The molecule has 158 valence electrons. The number of hydrogen-bond acceptors (Lipinski definition) is 7. The molecule has 1 aliphatic rings. The number of amides is 1. The summed E-state index contributed by atoms with van der Waals surface area (Å²) in [4.78, 5) is 22.6. The van der Waals surface area contributed by atoms with Crippen LogP contribution in [-0.2, 0) is 6.42 Å². The predicted molar refractivity (Wildman–Crippen MR) is 116 cm³/mol. The molecule has 0 bridgehead atoms. The van der Waals surface area contributed by atoms with Crippen molar-refractivity contribution >= 4 is 28.8 Å². The van der Waals surface area contributed by atoms with E-state index in [0.29, 0.717) is 41.1 Å². The average molecular weight is 447 g/mol. The largest absolute Gasteiger partial charge is 0.496 e. The zero-order chi connectivity index (χ0) is 20.9. The molecule has 0 aliphatic carbocycles. The minimum absolute atomic E-state index is 0.0184. The second-order valence-electron chi connectivity index (χ2n) is 7.07. The fourth-order valence-electron chi connectivity index (χ4n) is 3.50. The second kappa shape index (κ2) is 9.59. The molecule has 0 spiro atoms. The van der Waals surface area contributed by atoms with E-state index < -0.39 is 0 Å². The van der Waals surface area contributed by atoms with Gasteiger partial charge in [0.1, 0.15) is 5.75 Å². The van der Waals surface area contributed by atoms with Gasteiger partial charge in [-0.3, -0.25) is 9.69 Å². The third-order valence-corrected chi connectivity index (χ3v) is 6.23. The van der Waals surface area contributed by atoms with Crippen LogP contribution in [0.1, 0.15) is 22.7 Å². The van der Waals surface area contributed by atoms with Gasteiger partial charge in [-0.15, -0.1) is 11.3 Å². The Bertz CT molecular complexity index is 984. The lowest BCUT2D eigenvalue weighted by Crippen LogP contribution is -2.48. The number of piperazine rings is 1. The first-order chi connectivity index (χ1) is 14.6. The molecule has 0 N–H and O–H groups in total. The number of carbonyl (C=O) groups is 1. The summed E-state index contributed by atoms with van der Waals surface area (Å²) in [5.74, 6) is 1.82. The average Bonchev–Trinajstić information content (AvgIpc) is 3.46. The number of halogens is 1. The normalized spacial score (nSPS) is 14.8. The molecule has 1 amide bonds. The van der Waals surface area contributed by atoms with Crippen molar-refractivity contribution in [3.63, 3.8) is 0 Å². The fraction of sp³-hybridized carbons (Fsp3) is 0.381. The molecule has 0 unspecified atom stereocenters. The van der Waals surface area contributed by atoms with E-state index in [9.17, 15) is 4.79 Å². The minimum Gasteiger partial charge on any atom is -0.496 e. The summed E-state index contributed by atoms with van der Waals surface area (Å²) in [6.45, 7) is 3.99. The van der Waals surface area contributed by atoms with Crippen molar-refractivity contribution < 1.29 is 14.1 Å². The summed E-state index contributed by atoms with van der Waals surface area (Å²) < 4.78 is 10.7. The molecule has 3 aromatic rings. The van der Waals surface area contributed by atoms with Gasteiger partial charge < -0.3 is 14.2 Å². The summed E-state index contributed by atoms with van der Waals surface area (Å²) in [6, 6.07) is 9.08. The number of aryl methyl sites for hydroxylation is 1. The fourth-order valence-corrected chi connectivity index (χ4v) is 4.31. The van der Waals surface area contributed by atoms with Gasteiger partial charge in [0.15, 0.2) is 0 Å². The molecule has 4 rings (SSSR count). The van der Waals surface area contributed by atoms with Gasteiger partial charge in [0, 0.05) is 37.6 Å². The van der Waals surface area contributed by atoms with E-state index in [1.165, 1.54) is 0 Å². The molecular weight excluding hydrogens is 424 g/mol. The zero-order valence-electron chi connectivity index (χ0n) is 16.7. The number of rotatable bonds is 7. The van der Waals surface area contributed by atoms with Gasteiger partial charge in [-0.2, -0.15) is 4.98 Å². The molecule has 3 heterocycles. The molecule has 0 saturated carbocycles. The Morgan fingerprint density at radius 2 is 2.10 bits per heavy atom. The van der Waals surface area contributed by atoms with Crippen LogP contribution in [0, 0.1) is 0 Å². The molecule has 1 aliphatic heterocycles. The number of carbonyl (C=O) groups excluding carboxylic acids is 1. The maximum absolute atomic E-state index is 12.9. The van der Waals surface area contributed by atoms with Gasteiger partial charge >= 0.3 is 0 Å². The quantitative estimate of drug-likeness (QED) is 0.549. The Hall–Kier alpha value is -2.42. The lowest BCUT2D eigenvalue weighted by atomic mass is 10.1. The van der Waals surface area contributed by atoms with Crippen molar-refractivity contribution in [2.75, 3.05) is 39.8 Å². The van der Waals surface area contributed by atoms with Crippen LogP contribution in [0.5, 0.6) is 5.75 Å². The number of hydrogen-bond donors (Lipinski definition) is 0. The monoisotopic (exact) mass is 446 g/mol. The van der Waals surface area contributed by atoms with Gasteiger partial charge in [0.05, 0.1) is 17.6 Å². The first kappa shape index (κ1) is 20.8. The van der Waals surface area contributed by atoms with Crippen LogP contribution < -0.4 is 4.74 Å². The summed E-state index contributed by atoms with van der Waals surface area (Å²) >= 11 is 7.60. The van der Waals surface area contributed by atoms with Gasteiger partial charge in [-0.05, 0) is 42.6 Å². The zero-order valence-corrected chi connectivity index (χ0v) is 18.3. The first-order valence-electron chi connectivity index (χ1n) is 9.85. The SMILES string of the molecule is COc1cc(Cl)ccc1C(=O)N1CCN(CCCc2nc(-c3cccs3)no2)CC1. The van der Waals surface area contributed by atoms with Crippen molar-refractivity contribution in [3.05, 3.63) is 52.2 Å². The van der Waals surface area contributed by atoms with Crippen molar-refractivity contribution in [1.82, 2.24) is 19.9 Å². The van der Waals surface area contributed by atoms with E-state index in [2.05, 4.69) is 15.0 Å². The number of benzene rings is 1. The molecule has 0 radical (unpaired) electrons. The Labute approximate surface area is 184 Å². The van der Waals surface area contributed by atoms with Crippen LogP contribution >= 0.6 is 22.9 Å². The molecule has 1 aromatic carbocycles. The highest BCUT2D eigenvalue weighted by molar-refractivity contribution is 7.13. The smallest absolute Gasteiger partial charge is 0.257 e. The molecule has 30 heavy (non-hydrogen) atoms. The summed E-state index contributed by atoms with van der Waals surface area (Å²) in [6.07, 6.45) is 1.69. The number of methoxy groups -OCH3 is 1. The molecule has 9 heteroatoms. The van der Waals surface area contributed by atoms with Crippen molar-refractivity contribution in [1.29, 1.82) is 0 Å². The molecule has 1 saturated heterocycles. The van der Waals surface area contributed by atoms with Gasteiger partial charge in [-0.1, -0.05) is 22.8 Å². The van der Waals surface area contributed by atoms with Crippen LogP contribution in [0.4, 0.5) is 0 Å². The predicted octanol–water partition coefficient (Wildman–Crippen LogP) is 3.85. The van der Waals surface area contributed by atoms with Crippen LogP contribution in [-0.4, -0.2) is 65.7 Å². The Morgan fingerprint density at radius 3 is 2.83 bits per heavy atom. The van der Waals surface area contributed by atoms with Crippen LogP contribution in [0.2, 0.25) is 5.02 Å². The first-order valence-corrected chi connectivity index (χ1v) is 11.1. The highest BCUT2D eigenvalue weighted by Gasteiger charge is 2.24. The van der Waals surface area contributed by atoms with Gasteiger partial charge in [0.25, 0.3) is 5.91 Å². The van der Waals surface area contributed by atoms with E-state index in [0.717, 1.165) is 37.4 Å². The van der Waals surface area contributed by atoms with Gasteiger partial charge in [0.2, 0.25) is 11.7 Å². The minimum atomic E-state index is -0.0184. The third-order valence-electron chi connectivity index (χ3n) is 5.13. The Morgan fingerprint density at radius 1 is 1.27 bits per heavy atom. The van der Waals surface area contributed by atoms with Crippen LogP contribution in [0.25, 0.3) is 10.7 Å².